The summed E-state index contributed by atoms with van der Waals surface area (Å²) in [6.45, 7) is 6.43. The average molecular weight is 210 g/mol. The van der Waals surface area contributed by atoms with E-state index in [0.29, 0.717) is 12.0 Å². The standard InChI is InChI=1S/C12H22N2O/c1-9-5-6-11(10(9)2)13-12(15)14-7-3-4-8-14/h9-11H,3-8H2,1-2H3,(H,13,15). The normalized spacial score (nSPS) is 35.9. The summed E-state index contributed by atoms with van der Waals surface area (Å²) in [6.07, 6.45) is 4.75. The number of likely N-dealkylation sites (tertiary alicyclic amines) is 1. The molecule has 2 aliphatic rings. The molecule has 1 aliphatic carbocycles. The van der Waals surface area contributed by atoms with Crippen molar-refractivity contribution in [1.82, 2.24) is 10.2 Å². The third kappa shape index (κ3) is 2.27. The molecule has 2 amide bonds. The number of hydrogen-bond acceptors (Lipinski definition) is 1. The van der Waals surface area contributed by atoms with Crippen LogP contribution in [0.3, 0.4) is 0 Å². The summed E-state index contributed by atoms with van der Waals surface area (Å²) in [5, 5.41) is 3.19. The summed E-state index contributed by atoms with van der Waals surface area (Å²) < 4.78 is 0. The van der Waals surface area contributed by atoms with Crippen LogP contribution in [-0.4, -0.2) is 30.1 Å². The van der Waals surface area contributed by atoms with E-state index >= 15 is 0 Å². The van der Waals surface area contributed by atoms with E-state index in [2.05, 4.69) is 19.2 Å². The molecule has 1 N–H and O–H groups in total. The molecule has 2 fully saturated rings. The summed E-state index contributed by atoms with van der Waals surface area (Å²) in [6, 6.07) is 0.576. The predicted molar refractivity (Wildman–Crippen MR) is 60.7 cm³/mol. The van der Waals surface area contributed by atoms with E-state index in [0.717, 1.165) is 25.4 Å². The van der Waals surface area contributed by atoms with Crippen LogP contribution < -0.4 is 5.32 Å². The Hall–Kier alpha value is -0.730. The molecule has 0 aromatic carbocycles. The second kappa shape index (κ2) is 4.42. The second-order valence-corrected chi connectivity index (χ2v) is 5.16. The van der Waals surface area contributed by atoms with Crippen molar-refractivity contribution >= 4 is 6.03 Å². The van der Waals surface area contributed by atoms with Crippen LogP contribution in [-0.2, 0) is 0 Å². The average Bonchev–Trinajstić information content (AvgIpc) is 2.83. The molecular formula is C12H22N2O. The highest BCUT2D eigenvalue weighted by Crippen LogP contribution is 2.31. The molecule has 0 aromatic rings. The zero-order valence-electron chi connectivity index (χ0n) is 9.83. The van der Waals surface area contributed by atoms with Crippen LogP contribution in [0.5, 0.6) is 0 Å². The summed E-state index contributed by atoms with van der Waals surface area (Å²) in [5.74, 6) is 1.39. The molecule has 0 radical (unpaired) electrons. The topological polar surface area (TPSA) is 32.3 Å². The van der Waals surface area contributed by atoms with E-state index < -0.39 is 0 Å². The van der Waals surface area contributed by atoms with Gasteiger partial charge in [-0.3, -0.25) is 0 Å². The van der Waals surface area contributed by atoms with Gasteiger partial charge in [-0.15, -0.1) is 0 Å². The van der Waals surface area contributed by atoms with Crippen LogP contribution >= 0.6 is 0 Å². The van der Waals surface area contributed by atoms with Crippen molar-refractivity contribution in [2.75, 3.05) is 13.1 Å². The van der Waals surface area contributed by atoms with E-state index in [-0.39, 0.29) is 6.03 Å². The molecule has 0 bridgehead atoms. The van der Waals surface area contributed by atoms with Crippen LogP contribution in [0.2, 0.25) is 0 Å². The lowest BCUT2D eigenvalue weighted by Crippen LogP contribution is -2.44. The van der Waals surface area contributed by atoms with Gasteiger partial charge in [-0.25, -0.2) is 4.79 Å². The van der Waals surface area contributed by atoms with Crippen molar-refractivity contribution in [1.29, 1.82) is 0 Å². The van der Waals surface area contributed by atoms with Gasteiger partial charge < -0.3 is 10.2 Å². The van der Waals surface area contributed by atoms with Gasteiger partial charge in [0, 0.05) is 19.1 Å². The number of rotatable bonds is 1. The molecule has 3 atom stereocenters. The van der Waals surface area contributed by atoms with Crippen LogP contribution in [0.4, 0.5) is 4.79 Å². The minimum Gasteiger partial charge on any atom is -0.335 e. The lowest BCUT2D eigenvalue weighted by molar-refractivity contribution is 0.200. The maximum atomic E-state index is 11.9. The number of amides is 2. The maximum absolute atomic E-state index is 11.9. The fraction of sp³-hybridized carbons (Fsp3) is 0.917. The molecule has 2 rings (SSSR count). The molecule has 1 aliphatic heterocycles. The summed E-state index contributed by atoms with van der Waals surface area (Å²) in [4.78, 5) is 13.8. The minimum atomic E-state index is 0.165. The first-order valence-corrected chi connectivity index (χ1v) is 6.24. The van der Waals surface area contributed by atoms with Gasteiger partial charge >= 0.3 is 6.03 Å². The maximum Gasteiger partial charge on any atom is 0.317 e. The Morgan fingerprint density at radius 3 is 2.40 bits per heavy atom. The monoisotopic (exact) mass is 210 g/mol. The van der Waals surface area contributed by atoms with Gasteiger partial charge in [0.1, 0.15) is 0 Å². The zero-order valence-corrected chi connectivity index (χ0v) is 9.83. The van der Waals surface area contributed by atoms with Crippen LogP contribution in [0, 0.1) is 11.8 Å². The molecule has 1 heterocycles. The molecule has 0 aromatic heterocycles. The molecule has 3 heteroatoms. The summed E-state index contributed by atoms with van der Waals surface area (Å²) in [7, 11) is 0. The molecule has 15 heavy (non-hydrogen) atoms. The first-order valence-electron chi connectivity index (χ1n) is 6.24. The molecule has 3 unspecified atom stereocenters. The Bertz CT molecular complexity index is 236. The van der Waals surface area contributed by atoms with Crippen LogP contribution in [0.15, 0.2) is 0 Å². The molecule has 1 saturated carbocycles. The third-order valence-electron chi connectivity index (χ3n) is 4.17. The second-order valence-electron chi connectivity index (χ2n) is 5.16. The van der Waals surface area contributed by atoms with Gasteiger partial charge in [0.05, 0.1) is 0 Å². The SMILES string of the molecule is CC1CCC(NC(=O)N2CCCC2)C1C. The van der Waals surface area contributed by atoms with Crippen LogP contribution in [0.25, 0.3) is 0 Å². The zero-order chi connectivity index (χ0) is 10.8. The molecule has 0 spiro atoms. The lowest BCUT2D eigenvalue weighted by Gasteiger charge is -2.23. The third-order valence-corrected chi connectivity index (χ3v) is 4.17. The fourth-order valence-corrected chi connectivity index (χ4v) is 2.74. The Morgan fingerprint density at radius 1 is 1.20 bits per heavy atom. The highest BCUT2D eigenvalue weighted by Gasteiger charge is 2.32. The number of nitrogens with zero attached hydrogens (tertiary/aromatic N) is 1. The van der Waals surface area contributed by atoms with E-state index in [1.165, 1.54) is 19.3 Å². The number of hydrogen-bond donors (Lipinski definition) is 1. The van der Waals surface area contributed by atoms with E-state index in [9.17, 15) is 4.79 Å². The number of carbonyl (C=O) groups is 1. The molecule has 86 valence electrons. The van der Waals surface area contributed by atoms with Crippen molar-refractivity contribution in [3.8, 4) is 0 Å². The quantitative estimate of drug-likeness (QED) is 0.707. The first-order chi connectivity index (χ1) is 7.18. The van der Waals surface area contributed by atoms with Gasteiger partial charge in [0.15, 0.2) is 0 Å². The van der Waals surface area contributed by atoms with Gasteiger partial charge in [0.25, 0.3) is 0 Å². The van der Waals surface area contributed by atoms with E-state index in [4.69, 9.17) is 0 Å². The van der Waals surface area contributed by atoms with Crippen molar-refractivity contribution in [3.63, 3.8) is 0 Å². The summed E-state index contributed by atoms with van der Waals surface area (Å²) in [5.41, 5.74) is 0. The van der Waals surface area contributed by atoms with Crippen molar-refractivity contribution in [3.05, 3.63) is 0 Å². The van der Waals surface area contributed by atoms with Gasteiger partial charge in [0.2, 0.25) is 0 Å². The highest BCUT2D eigenvalue weighted by atomic mass is 16.2. The molecule has 3 nitrogen and oxygen atoms in total. The largest absolute Gasteiger partial charge is 0.335 e. The predicted octanol–water partition coefficient (Wildman–Crippen LogP) is 2.23. The lowest BCUT2D eigenvalue weighted by atomic mass is 9.98. The van der Waals surface area contributed by atoms with Crippen molar-refractivity contribution in [2.45, 2.75) is 45.6 Å². The fourth-order valence-electron chi connectivity index (χ4n) is 2.74. The van der Waals surface area contributed by atoms with Crippen molar-refractivity contribution in [2.24, 2.45) is 11.8 Å². The van der Waals surface area contributed by atoms with Gasteiger partial charge in [-0.1, -0.05) is 13.8 Å². The number of carbonyl (C=O) groups excluding carboxylic acids is 1. The number of nitrogens with one attached hydrogen (secondary N) is 1. The van der Waals surface area contributed by atoms with Gasteiger partial charge in [-0.2, -0.15) is 0 Å². The van der Waals surface area contributed by atoms with E-state index in [1.54, 1.807) is 0 Å². The Balaban J connectivity index is 1.83. The highest BCUT2D eigenvalue weighted by molar-refractivity contribution is 5.74. The Labute approximate surface area is 92.2 Å². The molecular weight excluding hydrogens is 188 g/mol. The Morgan fingerprint density at radius 2 is 1.87 bits per heavy atom. The minimum absolute atomic E-state index is 0.165. The summed E-state index contributed by atoms with van der Waals surface area (Å²) >= 11 is 0. The van der Waals surface area contributed by atoms with Gasteiger partial charge in [-0.05, 0) is 37.5 Å². The molecule has 1 saturated heterocycles. The Kier molecular flexibility index (Phi) is 3.17. The first kappa shape index (κ1) is 10.8. The smallest absolute Gasteiger partial charge is 0.317 e. The van der Waals surface area contributed by atoms with Crippen molar-refractivity contribution < 1.29 is 4.79 Å². The number of urea groups is 1. The van der Waals surface area contributed by atoms with Crippen LogP contribution in [0.1, 0.15) is 39.5 Å². The van der Waals surface area contributed by atoms with E-state index in [1.807, 2.05) is 4.90 Å².